The number of hydrogen-bond donors (Lipinski definition) is 3. The van der Waals surface area contributed by atoms with E-state index in [-0.39, 0.29) is 18.1 Å². The van der Waals surface area contributed by atoms with E-state index in [4.69, 9.17) is 4.74 Å². The highest BCUT2D eigenvalue weighted by molar-refractivity contribution is 5.90. The molecule has 1 amide bonds. The van der Waals surface area contributed by atoms with Gasteiger partial charge in [0.05, 0.1) is 5.39 Å². The molecule has 1 aromatic heterocycles. The lowest BCUT2D eigenvalue weighted by atomic mass is 10.2. The van der Waals surface area contributed by atoms with Crippen molar-refractivity contribution in [3.8, 4) is 5.75 Å². The van der Waals surface area contributed by atoms with Gasteiger partial charge in [0, 0.05) is 18.5 Å². The van der Waals surface area contributed by atoms with Crippen molar-refractivity contribution >= 4 is 22.5 Å². The summed E-state index contributed by atoms with van der Waals surface area (Å²) in [5.41, 5.74) is -0.211. The van der Waals surface area contributed by atoms with E-state index in [2.05, 4.69) is 20.8 Å². The number of aromatic nitrogens is 2. The standard InChI is InChI=1S/C19H20N4O3/c24-17(13-26-14-7-2-1-3-8-14)20-11-6-12-21-18-15-9-4-5-10-16(15)19(25)23-22-18/h1-5,7-10H,6,11-13H2,(H,20,24)(H,21,22)(H,23,25). The molecule has 0 fully saturated rings. The predicted molar refractivity (Wildman–Crippen MR) is 100 cm³/mol. The zero-order valence-electron chi connectivity index (χ0n) is 14.2. The van der Waals surface area contributed by atoms with Crippen molar-refractivity contribution in [2.75, 3.05) is 25.0 Å². The second-order valence-electron chi connectivity index (χ2n) is 5.68. The number of fused-ring (bicyclic) bond motifs is 1. The Hall–Kier alpha value is -3.35. The first-order chi connectivity index (χ1) is 12.7. The molecular weight excluding hydrogens is 332 g/mol. The van der Waals surface area contributed by atoms with Crippen LogP contribution in [0.1, 0.15) is 6.42 Å². The molecule has 0 aliphatic heterocycles. The topological polar surface area (TPSA) is 96.1 Å². The molecule has 3 N–H and O–H groups in total. The molecule has 7 heteroatoms. The molecule has 7 nitrogen and oxygen atoms in total. The maximum Gasteiger partial charge on any atom is 0.272 e. The number of nitrogens with zero attached hydrogens (tertiary/aromatic N) is 1. The quantitative estimate of drug-likeness (QED) is 0.538. The van der Waals surface area contributed by atoms with E-state index in [0.717, 1.165) is 5.39 Å². The number of carbonyl (C=O) groups excluding carboxylic acids is 1. The third kappa shape index (κ3) is 4.60. The maximum atomic E-state index is 11.8. The molecular formula is C19H20N4O3. The number of amides is 1. The van der Waals surface area contributed by atoms with Crippen LogP contribution in [-0.4, -0.2) is 35.8 Å². The molecule has 0 atom stereocenters. The summed E-state index contributed by atoms with van der Waals surface area (Å²) in [4.78, 5) is 23.5. The van der Waals surface area contributed by atoms with Gasteiger partial charge in [-0.25, -0.2) is 5.10 Å². The van der Waals surface area contributed by atoms with Crippen LogP contribution in [-0.2, 0) is 4.79 Å². The molecule has 0 spiro atoms. The minimum Gasteiger partial charge on any atom is -0.484 e. The van der Waals surface area contributed by atoms with Crippen LogP contribution in [0.5, 0.6) is 5.75 Å². The number of rotatable bonds is 8. The second-order valence-corrected chi connectivity index (χ2v) is 5.68. The normalized spacial score (nSPS) is 10.5. The molecule has 134 valence electrons. The van der Waals surface area contributed by atoms with Gasteiger partial charge in [-0.2, -0.15) is 5.10 Å². The van der Waals surface area contributed by atoms with Crippen LogP contribution >= 0.6 is 0 Å². The van der Waals surface area contributed by atoms with Crippen molar-refractivity contribution in [1.82, 2.24) is 15.5 Å². The number of ether oxygens (including phenoxy) is 1. The van der Waals surface area contributed by atoms with Gasteiger partial charge in [0.25, 0.3) is 11.5 Å². The smallest absolute Gasteiger partial charge is 0.272 e. The lowest BCUT2D eigenvalue weighted by Crippen LogP contribution is -2.30. The van der Waals surface area contributed by atoms with Crippen LogP contribution in [0.2, 0.25) is 0 Å². The van der Waals surface area contributed by atoms with Crippen LogP contribution in [0, 0.1) is 0 Å². The second kappa shape index (κ2) is 8.66. The van der Waals surface area contributed by atoms with Crippen molar-refractivity contribution < 1.29 is 9.53 Å². The molecule has 0 aliphatic carbocycles. The monoisotopic (exact) mass is 352 g/mol. The minimum atomic E-state index is -0.211. The van der Waals surface area contributed by atoms with Gasteiger partial charge in [-0.05, 0) is 24.6 Å². The fourth-order valence-corrected chi connectivity index (χ4v) is 2.49. The van der Waals surface area contributed by atoms with Gasteiger partial charge in [-0.3, -0.25) is 9.59 Å². The van der Waals surface area contributed by atoms with E-state index < -0.39 is 0 Å². The molecule has 26 heavy (non-hydrogen) atoms. The molecule has 0 radical (unpaired) electrons. The molecule has 0 unspecified atom stereocenters. The van der Waals surface area contributed by atoms with Gasteiger partial charge < -0.3 is 15.4 Å². The maximum absolute atomic E-state index is 11.8. The Morgan fingerprint density at radius 1 is 1.00 bits per heavy atom. The van der Waals surface area contributed by atoms with Crippen LogP contribution in [0.3, 0.4) is 0 Å². The summed E-state index contributed by atoms with van der Waals surface area (Å²) in [5, 5.41) is 13.9. The summed E-state index contributed by atoms with van der Waals surface area (Å²) in [7, 11) is 0. The molecule has 3 aromatic rings. The summed E-state index contributed by atoms with van der Waals surface area (Å²) in [6.07, 6.45) is 0.714. The summed E-state index contributed by atoms with van der Waals surface area (Å²) < 4.78 is 5.38. The molecule has 0 bridgehead atoms. The molecule has 1 heterocycles. The Morgan fingerprint density at radius 2 is 1.73 bits per heavy atom. The molecule has 2 aromatic carbocycles. The molecule has 3 rings (SSSR count). The fraction of sp³-hybridized carbons (Fsp3) is 0.211. The number of benzene rings is 2. The highest BCUT2D eigenvalue weighted by atomic mass is 16.5. The highest BCUT2D eigenvalue weighted by Crippen LogP contribution is 2.16. The first-order valence-corrected chi connectivity index (χ1v) is 8.40. The Kier molecular flexibility index (Phi) is 5.82. The zero-order valence-corrected chi connectivity index (χ0v) is 14.2. The molecule has 0 saturated heterocycles. The van der Waals surface area contributed by atoms with E-state index in [9.17, 15) is 9.59 Å². The summed E-state index contributed by atoms with van der Waals surface area (Å²) in [6.45, 7) is 1.12. The van der Waals surface area contributed by atoms with E-state index in [0.29, 0.717) is 36.5 Å². The van der Waals surface area contributed by atoms with Gasteiger partial charge in [0.15, 0.2) is 12.4 Å². The number of nitrogens with one attached hydrogen (secondary N) is 3. The average molecular weight is 352 g/mol. The van der Waals surface area contributed by atoms with Crippen LogP contribution in [0.4, 0.5) is 5.82 Å². The largest absolute Gasteiger partial charge is 0.484 e. The first-order valence-electron chi connectivity index (χ1n) is 8.40. The van der Waals surface area contributed by atoms with Gasteiger partial charge in [-0.15, -0.1) is 0 Å². The molecule has 0 aliphatic rings. The van der Waals surface area contributed by atoms with Crippen molar-refractivity contribution in [3.63, 3.8) is 0 Å². The van der Waals surface area contributed by atoms with Crippen LogP contribution in [0.25, 0.3) is 10.8 Å². The van der Waals surface area contributed by atoms with Crippen molar-refractivity contribution in [2.24, 2.45) is 0 Å². The Morgan fingerprint density at radius 3 is 2.54 bits per heavy atom. The highest BCUT2D eigenvalue weighted by Gasteiger charge is 2.05. The van der Waals surface area contributed by atoms with Gasteiger partial charge in [0.2, 0.25) is 0 Å². The van der Waals surface area contributed by atoms with Crippen LogP contribution < -0.4 is 20.9 Å². The first kappa shape index (κ1) is 17.5. The average Bonchev–Trinajstić information content (AvgIpc) is 2.69. The Bertz CT molecular complexity index is 925. The zero-order chi connectivity index (χ0) is 18.2. The van der Waals surface area contributed by atoms with Gasteiger partial charge >= 0.3 is 0 Å². The Labute approximate surface area is 150 Å². The summed E-state index contributed by atoms with van der Waals surface area (Å²) in [5.74, 6) is 1.13. The number of H-pyrrole nitrogens is 1. The fourth-order valence-electron chi connectivity index (χ4n) is 2.49. The summed E-state index contributed by atoms with van der Waals surface area (Å²) in [6, 6.07) is 16.5. The van der Waals surface area contributed by atoms with Crippen molar-refractivity contribution in [1.29, 1.82) is 0 Å². The van der Waals surface area contributed by atoms with Crippen LogP contribution in [0.15, 0.2) is 59.4 Å². The van der Waals surface area contributed by atoms with E-state index in [1.54, 1.807) is 18.2 Å². The van der Waals surface area contributed by atoms with E-state index in [1.807, 2.05) is 36.4 Å². The lowest BCUT2D eigenvalue weighted by molar-refractivity contribution is -0.123. The number of para-hydroxylation sites is 1. The predicted octanol–water partition coefficient (Wildman–Crippen LogP) is 1.92. The number of aromatic amines is 1. The number of carbonyl (C=O) groups is 1. The SMILES string of the molecule is O=C(COc1ccccc1)NCCCNc1n[nH]c(=O)c2ccccc12. The van der Waals surface area contributed by atoms with E-state index >= 15 is 0 Å². The third-order valence-corrected chi connectivity index (χ3v) is 3.78. The minimum absolute atomic E-state index is 0.0104. The number of anilines is 1. The molecule has 0 saturated carbocycles. The summed E-state index contributed by atoms with van der Waals surface area (Å²) >= 11 is 0. The van der Waals surface area contributed by atoms with E-state index in [1.165, 1.54) is 0 Å². The Balaban J connectivity index is 1.40. The van der Waals surface area contributed by atoms with Crippen molar-refractivity contribution in [3.05, 3.63) is 65.0 Å². The van der Waals surface area contributed by atoms with Gasteiger partial charge in [-0.1, -0.05) is 36.4 Å². The van der Waals surface area contributed by atoms with Gasteiger partial charge in [0.1, 0.15) is 5.75 Å². The lowest BCUT2D eigenvalue weighted by Gasteiger charge is -2.09. The third-order valence-electron chi connectivity index (χ3n) is 3.78. The van der Waals surface area contributed by atoms with Crippen molar-refractivity contribution in [2.45, 2.75) is 6.42 Å². The number of hydrogen-bond acceptors (Lipinski definition) is 5.